The topological polar surface area (TPSA) is 108 Å². The summed E-state index contributed by atoms with van der Waals surface area (Å²) >= 11 is 0. The summed E-state index contributed by atoms with van der Waals surface area (Å²) in [6, 6.07) is 1.39. The number of hydrogen-bond acceptors (Lipinski definition) is 5. The number of rotatable bonds is 7. The van der Waals surface area contributed by atoms with Gasteiger partial charge in [-0.3, -0.25) is 24.3 Å². The lowest BCUT2D eigenvalue weighted by molar-refractivity contribution is -0.386. The summed E-state index contributed by atoms with van der Waals surface area (Å²) in [5.41, 5.74) is -1.01. The number of alkyl halides is 2. The van der Waals surface area contributed by atoms with E-state index in [0.717, 1.165) is 10.4 Å². The van der Waals surface area contributed by atoms with Gasteiger partial charge in [-0.1, -0.05) is 0 Å². The highest BCUT2D eigenvalue weighted by atomic mass is 19.3. The molecule has 0 aromatic carbocycles. The molecule has 25 heavy (non-hydrogen) atoms. The number of nitro groups is 1. The Hall–Kier alpha value is -2.85. The Balaban J connectivity index is 2.15. The lowest BCUT2D eigenvalue weighted by atomic mass is 10.2. The number of nitrogens with one attached hydrogen (secondary N) is 1. The average Bonchev–Trinajstić information content (AvgIpc) is 3.12. The molecule has 1 N–H and O–H groups in total. The first-order valence-corrected chi connectivity index (χ1v) is 7.57. The van der Waals surface area contributed by atoms with Crippen molar-refractivity contribution < 1.29 is 18.5 Å². The molecule has 0 radical (unpaired) electrons. The van der Waals surface area contributed by atoms with Crippen LogP contribution in [0.1, 0.15) is 43.4 Å². The predicted octanol–water partition coefficient (Wildman–Crippen LogP) is 2.13. The summed E-state index contributed by atoms with van der Waals surface area (Å²) in [5.74, 6) is -0.502. The molecule has 0 spiro atoms. The number of aromatic nitrogens is 4. The molecule has 0 saturated carbocycles. The zero-order valence-electron chi connectivity index (χ0n) is 13.9. The Labute approximate surface area is 141 Å². The third-order valence-electron chi connectivity index (χ3n) is 3.75. The highest BCUT2D eigenvalue weighted by Gasteiger charge is 2.31. The van der Waals surface area contributed by atoms with E-state index in [0.29, 0.717) is 6.54 Å². The maximum Gasteiger partial charge on any atom is 0.319 e. The van der Waals surface area contributed by atoms with Crippen molar-refractivity contribution in [2.24, 2.45) is 0 Å². The van der Waals surface area contributed by atoms with Crippen LogP contribution in [0.3, 0.4) is 0 Å². The quantitative estimate of drug-likeness (QED) is 0.604. The van der Waals surface area contributed by atoms with E-state index in [-0.39, 0.29) is 11.7 Å². The largest absolute Gasteiger partial charge is 0.346 e. The number of halogens is 2. The Bertz CT molecular complexity index is 786. The van der Waals surface area contributed by atoms with E-state index in [1.54, 1.807) is 23.9 Å². The van der Waals surface area contributed by atoms with Crippen LogP contribution in [0.15, 0.2) is 12.3 Å². The first-order chi connectivity index (χ1) is 11.8. The highest BCUT2D eigenvalue weighted by molar-refractivity contribution is 5.76. The standard InChI is InChI=1S/C14H18F2N6O3/c1-4-20-10(5-6-17-20)8(2)18-11(23)7-21-9(3)13(22(24)25)12(19-21)14(15)16/h5-6,8,14H,4,7H2,1-3H3,(H,18,23). The summed E-state index contributed by atoms with van der Waals surface area (Å²) < 4.78 is 28.4. The van der Waals surface area contributed by atoms with Crippen molar-refractivity contribution in [3.63, 3.8) is 0 Å². The molecule has 1 atom stereocenters. The van der Waals surface area contributed by atoms with Gasteiger partial charge in [0, 0.05) is 12.7 Å². The first-order valence-electron chi connectivity index (χ1n) is 7.57. The third-order valence-corrected chi connectivity index (χ3v) is 3.75. The van der Waals surface area contributed by atoms with Crippen LogP contribution in [0.5, 0.6) is 0 Å². The van der Waals surface area contributed by atoms with Gasteiger partial charge in [-0.05, 0) is 26.8 Å². The molecule has 0 saturated heterocycles. The van der Waals surface area contributed by atoms with Crippen LogP contribution in [-0.4, -0.2) is 30.4 Å². The maximum atomic E-state index is 12.9. The maximum absolute atomic E-state index is 12.9. The van der Waals surface area contributed by atoms with Crippen LogP contribution in [0.25, 0.3) is 0 Å². The molecule has 2 aromatic heterocycles. The van der Waals surface area contributed by atoms with E-state index in [4.69, 9.17) is 0 Å². The van der Waals surface area contributed by atoms with Crippen LogP contribution in [0.4, 0.5) is 14.5 Å². The van der Waals surface area contributed by atoms with Crippen LogP contribution in [0, 0.1) is 17.0 Å². The van der Waals surface area contributed by atoms with Crippen molar-refractivity contribution in [1.29, 1.82) is 0 Å². The molecular weight excluding hydrogens is 338 g/mol. The molecule has 2 rings (SSSR count). The minimum atomic E-state index is -3.10. The van der Waals surface area contributed by atoms with Gasteiger partial charge >= 0.3 is 5.69 Å². The summed E-state index contributed by atoms with van der Waals surface area (Å²) in [4.78, 5) is 22.2. The van der Waals surface area contributed by atoms with Gasteiger partial charge in [-0.15, -0.1) is 0 Å². The molecule has 136 valence electrons. The lowest BCUT2D eigenvalue weighted by Gasteiger charge is -2.15. The smallest absolute Gasteiger partial charge is 0.319 e. The molecule has 1 unspecified atom stereocenters. The van der Waals surface area contributed by atoms with E-state index in [9.17, 15) is 23.7 Å². The van der Waals surface area contributed by atoms with Crippen molar-refractivity contribution in [2.45, 2.75) is 46.3 Å². The molecule has 2 aromatic rings. The molecule has 2 heterocycles. The van der Waals surface area contributed by atoms with Gasteiger partial charge in [-0.2, -0.15) is 10.2 Å². The Kier molecular flexibility index (Phi) is 5.45. The van der Waals surface area contributed by atoms with E-state index in [2.05, 4.69) is 15.5 Å². The van der Waals surface area contributed by atoms with Crippen molar-refractivity contribution in [2.75, 3.05) is 0 Å². The number of nitrogens with zero attached hydrogens (tertiary/aromatic N) is 5. The van der Waals surface area contributed by atoms with Crippen LogP contribution < -0.4 is 5.32 Å². The second kappa shape index (κ2) is 7.36. The molecular formula is C14H18F2N6O3. The lowest BCUT2D eigenvalue weighted by Crippen LogP contribution is -2.32. The van der Waals surface area contributed by atoms with Gasteiger partial charge in [-0.25, -0.2) is 8.78 Å². The number of aryl methyl sites for hydroxylation is 1. The Morgan fingerprint density at radius 1 is 1.44 bits per heavy atom. The second-order valence-electron chi connectivity index (χ2n) is 5.40. The van der Waals surface area contributed by atoms with Crippen LogP contribution in [0.2, 0.25) is 0 Å². The van der Waals surface area contributed by atoms with E-state index >= 15 is 0 Å². The van der Waals surface area contributed by atoms with Crippen molar-refractivity contribution in [1.82, 2.24) is 24.9 Å². The fraction of sp³-hybridized carbons (Fsp3) is 0.500. The minimum Gasteiger partial charge on any atom is -0.346 e. The number of carbonyl (C=O) groups is 1. The summed E-state index contributed by atoms with van der Waals surface area (Å²) in [7, 11) is 0. The van der Waals surface area contributed by atoms with Gasteiger partial charge in [0.15, 0.2) is 0 Å². The zero-order chi connectivity index (χ0) is 18.7. The Morgan fingerprint density at radius 2 is 2.12 bits per heavy atom. The van der Waals surface area contributed by atoms with Crippen LogP contribution in [-0.2, 0) is 17.9 Å². The Morgan fingerprint density at radius 3 is 2.64 bits per heavy atom. The van der Waals surface area contributed by atoms with Gasteiger partial charge in [0.1, 0.15) is 12.2 Å². The summed E-state index contributed by atoms with van der Waals surface area (Å²) in [5, 5.41) is 21.3. The molecule has 11 heteroatoms. The first kappa shape index (κ1) is 18.5. The highest BCUT2D eigenvalue weighted by Crippen LogP contribution is 2.30. The number of hydrogen-bond donors (Lipinski definition) is 1. The van der Waals surface area contributed by atoms with Crippen molar-refractivity contribution >= 4 is 11.6 Å². The molecule has 0 aliphatic rings. The minimum absolute atomic E-state index is 0.0956. The SMILES string of the molecule is CCn1nccc1C(C)NC(=O)Cn1nc(C(F)F)c([N+](=O)[O-])c1C. The summed E-state index contributed by atoms with van der Waals surface area (Å²) in [6.07, 6.45) is -1.49. The average molecular weight is 356 g/mol. The van der Waals surface area contributed by atoms with Crippen molar-refractivity contribution in [3.8, 4) is 0 Å². The monoisotopic (exact) mass is 356 g/mol. The second-order valence-corrected chi connectivity index (χ2v) is 5.40. The number of amides is 1. The number of carbonyl (C=O) groups excluding carboxylic acids is 1. The molecule has 0 aliphatic carbocycles. The van der Waals surface area contributed by atoms with Gasteiger partial charge < -0.3 is 5.32 Å². The normalized spacial score (nSPS) is 12.4. The molecule has 9 nitrogen and oxygen atoms in total. The zero-order valence-corrected chi connectivity index (χ0v) is 13.9. The van der Waals surface area contributed by atoms with E-state index in [1.165, 1.54) is 6.92 Å². The summed E-state index contributed by atoms with van der Waals surface area (Å²) in [6.45, 7) is 5.17. The van der Waals surface area contributed by atoms with Gasteiger partial charge in [0.05, 0.1) is 16.7 Å². The van der Waals surface area contributed by atoms with Crippen molar-refractivity contribution in [3.05, 3.63) is 39.5 Å². The fourth-order valence-corrected chi connectivity index (χ4v) is 2.56. The molecule has 0 aliphatic heterocycles. The predicted molar refractivity (Wildman–Crippen MR) is 83.0 cm³/mol. The molecule has 1 amide bonds. The van der Waals surface area contributed by atoms with E-state index < -0.39 is 35.2 Å². The van der Waals surface area contributed by atoms with E-state index in [1.807, 2.05) is 6.92 Å². The molecule has 0 bridgehead atoms. The van der Waals surface area contributed by atoms with Gasteiger partial charge in [0.25, 0.3) is 6.43 Å². The fourth-order valence-electron chi connectivity index (χ4n) is 2.56. The van der Waals surface area contributed by atoms with Crippen LogP contribution >= 0.6 is 0 Å². The van der Waals surface area contributed by atoms with Gasteiger partial charge in [0.2, 0.25) is 11.6 Å². The molecule has 0 fully saturated rings. The third kappa shape index (κ3) is 3.80.